The smallest absolute Gasteiger partial charge is 0.243 e. The van der Waals surface area contributed by atoms with Crippen LogP contribution in [0, 0.1) is 0 Å². The summed E-state index contributed by atoms with van der Waals surface area (Å²) in [4.78, 5) is 9.22. The first-order valence-corrected chi connectivity index (χ1v) is 8.76. The second-order valence-electron chi connectivity index (χ2n) is 6.13. The molecule has 0 aliphatic rings. The van der Waals surface area contributed by atoms with E-state index in [0.717, 1.165) is 22.4 Å². The quantitative estimate of drug-likeness (QED) is 0.553. The zero-order valence-electron chi connectivity index (χ0n) is 15.9. The minimum absolute atomic E-state index is 0.400. The van der Waals surface area contributed by atoms with Crippen molar-refractivity contribution < 1.29 is 9.47 Å². The molecule has 0 radical (unpaired) electrons. The Morgan fingerprint density at radius 1 is 0.964 bits per heavy atom. The number of imidazole rings is 1. The third-order valence-corrected chi connectivity index (χ3v) is 4.53. The number of ether oxygens (including phenoxy) is 2. The lowest BCUT2D eigenvalue weighted by Gasteiger charge is -2.12. The number of anilines is 1. The van der Waals surface area contributed by atoms with Gasteiger partial charge in [-0.15, -0.1) is 5.10 Å². The third kappa shape index (κ3) is 3.20. The molecule has 0 aliphatic carbocycles. The van der Waals surface area contributed by atoms with Crippen molar-refractivity contribution in [2.24, 2.45) is 7.05 Å². The molecule has 1 N–H and O–H groups in total. The van der Waals surface area contributed by atoms with Crippen LogP contribution in [0.5, 0.6) is 11.5 Å². The highest BCUT2D eigenvalue weighted by molar-refractivity contribution is 5.76. The van der Waals surface area contributed by atoms with E-state index in [2.05, 4.69) is 25.5 Å². The van der Waals surface area contributed by atoms with Gasteiger partial charge in [-0.05, 0) is 24.3 Å². The molecule has 4 rings (SSSR count). The monoisotopic (exact) mass is 376 g/mol. The first-order chi connectivity index (χ1) is 13.7. The highest BCUT2D eigenvalue weighted by Crippen LogP contribution is 2.36. The molecule has 0 spiro atoms. The lowest BCUT2D eigenvalue weighted by Crippen LogP contribution is -2.09. The van der Waals surface area contributed by atoms with Crippen molar-refractivity contribution in [3.05, 3.63) is 54.5 Å². The molecule has 0 atom stereocenters. The molecule has 0 bridgehead atoms. The number of hydrogen-bond acceptors (Lipinski definition) is 7. The van der Waals surface area contributed by atoms with Gasteiger partial charge in [-0.1, -0.05) is 18.2 Å². The molecule has 0 saturated carbocycles. The van der Waals surface area contributed by atoms with Crippen LogP contribution >= 0.6 is 0 Å². The topological polar surface area (TPSA) is 87.0 Å². The van der Waals surface area contributed by atoms with Crippen molar-refractivity contribution in [3.63, 3.8) is 0 Å². The Kier molecular flexibility index (Phi) is 4.76. The summed E-state index contributed by atoms with van der Waals surface area (Å²) in [6.45, 7) is 0.472. The molecular formula is C20H20N6O2. The van der Waals surface area contributed by atoms with Gasteiger partial charge in [0.1, 0.15) is 23.0 Å². The van der Waals surface area contributed by atoms with E-state index in [1.54, 1.807) is 20.4 Å². The van der Waals surface area contributed by atoms with Gasteiger partial charge < -0.3 is 19.4 Å². The number of aromatic nitrogens is 5. The maximum atomic E-state index is 5.46. The average molecular weight is 376 g/mol. The van der Waals surface area contributed by atoms with Crippen molar-refractivity contribution >= 4 is 17.0 Å². The molecule has 0 amide bonds. The number of hydrogen-bond donors (Lipinski definition) is 1. The second-order valence-corrected chi connectivity index (χ2v) is 6.13. The summed E-state index contributed by atoms with van der Waals surface area (Å²) in [5.74, 6) is 2.59. The fourth-order valence-electron chi connectivity index (χ4n) is 3.11. The third-order valence-electron chi connectivity index (χ3n) is 4.53. The van der Waals surface area contributed by atoms with Crippen LogP contribution in [0.15, 0.2) is 48.7 Å². The molecule has 0 aliphatic heterocycles. The zero-order valence-corrected chi connectivity index (χ0v) is 15.9. The Morgan fingerprint density at radius 2 is 1.71 bits per heavy atom. The SMILES string of the molecule is COc1cccc(OC)c1-c1cnnc(NCc2nc3ccccc3n2C)n1. The minimum atomic E-state index is 0.400. The van der Waals surface area contributed by atoms with E-state index in [-0.39, 0.29) is 0 Å². The first kappa shape index (κ1) is 17.7. The average Bonchev–Trinajstić information content (AvgIpc) is 3.07. The molecule has 0 saturated heterocycles. The summed E-state index contributed by atoms with van der Waals surface area (Å²) in [6, 6.07) is 13.6. The summed E-state index contributed by atoms with van der Waals surface area (Å²) < 4.78 is 13.0. The maximum Gasteiger partial charge on any atom is 0.243 e. The van der Waals surface area contributed by atoms with Crippen molar-refractivity contribution in [2.45, 2.75) is 6.54 Å². The van der Waals surface area contributed by atoms with Gasteiger partial charge >= 0.3 is 0 Å². The molecule has 142 valence electrons. The zero-order chi connectivity index (χ0) is 19.5. The van der Waals surface area contributed by atoms with Crippen LogP contribution in [0.3, 0.4) is 0 Å². The van der Waals surface area contributed by atoms with Crippen LogP contribution in [-0.4, -0.2) is 39.0 Å². The lowest BCUT2D eigenvalue weighted by molar-refractivity contribution is 0.397. The Labute approximate surface area is 162 Å². The summed E-state index contributed by atoms with van der Waals surface area (Å²) in [5, 5.41) is 11.4. The van der Waals surface area contributed by atoms with Gasteiger partial charge in [0.15, 0.2) is 0 Å². The second kappa shape index (κ2) is 7.51. The molecule has 2 heterocycles. The predicted molar refractivity (Wildman–Crippen MR) is 106 cm³/mol. The maximum absolute atomic E-state index is 5.46. The standard InChI is InChI=1S/C20H20N6O2/c1-26-15-8-5-4-7-13(15)23-18(26)12-21-20-24-14(11-22-25-20)19-16(27-2)9-6-10-17(19)28-3/h4-11H,12H2,1-3H3,(H,21,24,25). The Balaban J connectivity index is 1.62. The lowest BCUT2D eigenvalue weighted by atomic mass is 10.1. The highest BCUT2D eigenvalue weighted by Gasteiger charge is 2.15. The molecular weight excluding hydrogens is 356 g/mol. The minimum Gasteiger partial charge on any atom is -0.496 e. The van der Waals surface area contributed by atoms with Crippen LogP contribution in [0.25, 0.3) is 22.3 Å². The van der Waals surface area contributed by atoms with Crippen LogP contribution in [0.4, 0.5) is 5.95 Å². The Hall–Kier alpha value is -3.68. The van der Waals surface area contributed by atoms with Crippen LogP contribution in [0.2, 0.25) is 0 Å². The number of nitrogens with one attached hydrogen (secondary N) is 1. The molecule has 2 aromatic heterocycles. The van der Waals surface area contributed by atoms with Crippen LogP contribution in [0.1, 0.15) is 5.82 Å². The van der Waals surface area contributed by atoms with E-state index in [9.17, 15) is 0 Å². The van der Waals surface area contributed by atoms with Gasteiger partial charge in [0.05, 0.1) is 43.6 Å². The number of para-hydroxylation sites is 2. The number of fused-ring (bicyclic) bond motifs is 1. The molecule has 8 heteroatoms. The summed E-state index contributed by atoms with van der Waals surface area (Å²) >= 11 is 0. The number of aryl methyl sites for hydroxylation is 1. The first-order valence-electron chi connectivity index (χ1n) is 8.76. The van der Waals surface area contributed by atoms with Gasteiger partial charge in [-0.3, -0.25) is 0 Å². The molecule has 4 aromatic rings. The van der Waals surface area contributed by atoms with Crippen molar-refractivity contribution in [1.29, 1.82) is 0 Å². The summed E-state index contributed by atoms with van der Waals surface area (Å²) in [5.41, 5.74) is 3.36. The van der Waals surface area contributed by atoms with Gasteiger partial charge in [0.2, 0.25) is 5.95 Å². The van der Waals surface area contributed by atoms with Crippen molar-refractivity contribution in [1.82, 2.24) is 24.7 Å². The van der Waals surface area contributed by atoms with Crippen LogP contribution < -0.4 is 14.8 Å². The number of rotatable bonds is 6. The van der Waals surface area contributed by atoms with Crippen LogP contribution in [-0.2, 0) is 13.6 Å². The molecule has 0 fully saturated rings. The van der Waals surface area contributed by atoms with E-state index < -0.39 is 0 Å². The summed E-state index contributed by atoms with van der Waals surface area (Å²) in [7, 11) is 5.21. The van der Waals surface area contributed by atoms with Gasteiger partial charge in [0.25, 0.3) is 0 Å². The highest BCUT2D eigenvalue weighted by atomic mass is 16.5. The van der Waals surface area contributed by atoms with E-state index >= 15 is 0 Å². The van der Waals surface area contributed by atoms with Crippen molar-refractivity contribution in [2.75, 3.05) is 19.5 Å². The molecule has 2 aromatic carbocycles. The normalized spacial score (nSPS) is 10.8. The number of methoxy groups -OCH3 is 2. The Bertz CT molecular complexity index is 1100. The van der Waals surface area contributed by atoms with Gasteiger partial charge in [-0.2, -0.15) is 5.10 Å². The van der Waals surface area contributed by atoms with E-state index in [0.29, 0.717) is 29.7 Å². The number of benzene rings is 2. The number of nitrogens with zero attached hydrogens (tertiary/aromatic N) is 5. The Morgan fingerprint density at radius 3 is 2.43 bits per heavy atom. The van der Waals surface area contributed by atoms with Gasteiger partial charge in [0, 0.05) is 7.05 Å². The fourth-order valence-corrected chi connectivity index (χ4v) is 3.11. The van der Waals surface area contributed by atoms with E-state index in [1.807, 2.05) is 54.1 Å². The fraction of sp³-hybridized carbons (Fsp3) is 0.200. The van der Waals surface area contributed by atoms with E-state index in [4.69, 9.17) is 9.47 Å². The van der Waals surface area contributed by atoms with E-state index in [1.165, 1.54) is 0 Å². The molecule has 8 nitrogen and oxygen atoms in total. The molecule has 28 heavy (non-hydrogen) atoms. The summed E-state index contributed by atoms with van der Waals surface area (Å²) in [6.07, 6.45) is 1.58. The largest absolute Gasteiger partial charge is 0.496 e. The van der Waals surface area contributed by atoms with Gasteiger partial charge in [-0.25, -0.2) is 9.97 Å². The molecule has 0 unspecified atom stereocenters. The predicted octanol–water partition coefficient (Wildman–Crippen LogP) is 3.05. The van der Waals surface area contributed by atoms with Crippen molar-refractivity contribution in [3.8, 4) is 22.8 Å².